The van der Waals surface area contributed by atoms with Gasteiger partial charge in [-0.2, -0.15) is 0 Å². The van der Waals surface area contributed by atoms with Crippen molar-refractivity contribution in [2.24, 2.45) is 5.73 Å². The molecule has 102 valence electrons. The summed E-state index contributed by atoms with van der Waals surface area (Å²) >= 11 is 0. The second-order valence-electron chi connectivity index (χ2n) is 2.32. The lowest BCUT2D eigenvalue weighted by Crippen LogP contribution is -2.26. The Kier molecular flexibility index (Phi) is 56.4. The number of hydrogen-bond donors (Lipinski definition) is 2. The monoisotopic (exact) mass is 234 g/mol. The van der Waals surface area contributed by atoms with Crippen LogP contribution in [-0.2, 0) is 4.79 Å². The van der Waals surface area contributed by atoms with E-state index >= 15 is 0 Å². The van der Waals surface area contributed by atoms with Gasteiger partial charge in [-0.15, -0.1) is 0 Å². The first-order chi connectivity index (χ1) is 7.85. The third-order valence-corrected chi connectivity index (χ3v) is 1.50. The van der Waals surface area contributed by atoms with Gasteiger partial charge in [-0.1, -0.05) is 48.0 Å². The maximum absolute atomic E-state index is 10.2. The molecule has 0 aliphatic rings. The van der Waals surface area contributed by atoms with Gasteiger partial charge in [0.1, 0.15) is 6.29 Å². The van der Waals surface area contributed by atoms with Crippen molar-refractivity contribution in [3.8, 4) is 0 Å². The Hall–Kier alpha value is -0.410. The minimum Gasteiger partial charge on any atom is -0.330 e. The zero-order valence-corrected chi connectivity index (χ0v) is 12.5. The molecular weight excluding hydrogens is 200 g/mol. The minimum absolute atomic E-state index is 0.0200. The van der Waals surface area contributed by atoms with Crippen molar-refractivity contribution in [3.63, 3.8) is 0 Å². The van der Waals surface area contributed by atoms with Gasteiger partial charge in [0.15, 0.2) is 0 Å². The first-order valence-corrected chi connectivity index (χ1v) is 6.67. The molecule has 0 aromatic rings. The number of likely N-dealkylation sites (N-methyl/N-ethyl adjacent to an activating group) is 1. The second kappa shape index (κ2) is 36.5. The number of hydrogen-bond acceptors (Lipinski definition) is 3. The zero-order valence-electron chi connectivity index (χ0n) is 12.5. The van der Waals surface area contributed by atoms with Crippen LogP contribution in [0.25, 0.3) is 0 Å². The minimum atomic E-state index is 0.0200. The Morgan fingerprint density at radius 2 is 1.50 bits per heavy atom. The van der Waals surface area contributed by atoms with E-state index in [1.54, 1.807) is 7.05 Å². The quantitative estimate of drug-likeness (QED) is 0.549. The van der Waals surface area contributed by atoms with Crippen LogP contribution in [0.1, 0.15) is 60.8 Å². The summed E-state index contributed by atoms with van der Waals surface area (Å²) in [7, 11) is 1.79. The zero-order chi connectivity index (χ0) is 13.8. The first-order valence-electron chi connectivity index (χ1n) is 6.67. The topological polar surface area (TPSA) is 55.1 Å². The Bertz CT molecular complexity index is 88.0. The van der Waals surface area contributed by atoms with Crippen LogP contribution in [0.2, 0.25) is 0 Å². The number of unbranched alkanes of at least 4 members (excludes halogenated alkanes) is 1. The van der Waals surface area contributed by atoms with Gasteiger partial charge in [0.05, 0.1) is 6.04 Å². The van der Waals surface area contributed by atoms with Gasteiger partial charge in [-0.3, -0.25) is 0 Å². The van der Waals surface area contributed by atoms with E-state index in [0.717, 1.165) is 32.1 Å². The van der Waals surface area contributed by atoms with E-state index in [0.29, 0.717) is 0 Å². The van der Waals surface area contributed by atoms with Crippen molar-refractivity contribution in [3.05, 3.63) is 0 Å². The van der Waals surface area contributed by atoms with E-state index in [1.165, 1.54) is 0 Å². The van der Waals surface area contributed by atoms with Gasteiger partial charge in [0.2, 0.25) is 0 Å². The average molecular weight is 234 g/mol. The molecule has 3 nitrogen and oxygen atoms in total. The van der Waals surface area contributed by atoms with Crippen LogP contribution >= 0.6 is 0 Å². The molecule has 0 aromatic carbocycles. The molecule has 0 saturated carbocycles. The van der Waals surface area contributed by atoms with Crippen LogP contribution in [0.4, 0.5) is 0 Å². The Labute approximate surface area is 103 Å². The van der Waals surface area contributed by atoms with Crippen molar-refractivity contribution in [1.29, 1.82) is 0 Å². The predicted molar refractivity (Wildman–Crippen MR) is 75.9 cm³/mol. The predicted octanol–water partition coefficient (Wildman–Crippen LogP) is 2.98. The van der Waals surface area contributed by atoms with Crippen molar-refractivity contribution in [1.82, 2.24) is 5.32 Å². The fourth-order valence-corrected chi connectivity index (χ4v) is 0.789. The molecule has 0 saturated heterocycles. The number of nitrogens with one attached hydrogen (secondary N) is 1. The molecule has 0 aliphatic heterocycles. The first kappa shape index (κ1) is 24.7. The van der Waals surface area contributed by atoms with Crippen LogP contribution in [0, 0.1) is 0 Å². The highest BCUT2D eigenvalue weighted by molar-refractivity contribution is 5.57. The van der Waals surface area contributed by atoms with Crippen LogP contribution in [0.15, 0.2) is 0 Å². The number of aldehydes is 1. The van der Waals surface area contributed by atoms with E-state index in [4.69, 9.17) is 5.73 Å². The fraction of sp³-hybridized carbons (Fsp3) is 0.923. The highest BCUT2D eigenvalue weighted by Crippen LogP contribution is 1.96. The lowest BCUT2D eigenvalue weighted by molar-refractivity contribution is -0.109. The third-order valence-electron chi connectivity index (χ3n) is 1.50. The summed E-state index contributed by atoms with van der Waals surface area (Å²) in [5.41, 5.74) is 5.29. The van der Waals surface area contributed by atoms with Crippen molar-refractivity contribution >= 4 is 6.29 Å². The molecule has 3 N–H and O–H groups in total. The summed E-state index contributed by atoms with van der Waals surface area (Å²) in [5, 5.41) is 2.90. The molecule has 0 amide bonds. The average Bonchev–Trinajstić information content (AvgIpc) is 2.42. The molecule has 0 radical (unpaired) electrons. The smallest absolute Gasteiger partial charge is 0.136 e. The van der Waals surface area contributed by atoms with E-state index in [9.17, 15) is 4.79 Å². The summed E-state index contributed by atoms with van der Waals surface area (Å²) in [4.78, 5) is 10.2. The summed E-state index contributed by atoms with van der Waals surface area (Å²) < 4.78 is 0. The molecule has 3 heteroatoms. The molecule has 0 bridgehead atoms. The second-order valence-corrected chi connectivity index (χ2v) is 2.32. The van der Waals surface area contributed by atoms with Crippen LogP contribution in [-0.4, -0.2) is 25.9 Å². The molecule has 0 aliphatic carbocycles. The van der Waals surface area contributed by atoms with E-state index in [2.05, 4.69) is 5.32 Å². The number of carbonyl (C=O) groups excluding carboxylic acids is 1. The SMILES string of the molecule is CC.CC.CC.CNC(C=O)CCCCN. The summed E-state index contributed by atoms with van der Waals surface area (Å²) in [6.07, 6.45) is 3.88. The molecular formula is C13H34N2O. The molecule has 0 spiro atoms. The van der Waals surface area contributed by atoms with Crippen molar-refractivity contribution < 1.29 is 4.79 Å². The molecule has 0 heterocycles. The molecule has 0 fully saturated rings. The highest BCUT2D eigenvalue weighted by Gasteiger charge is 2.00. The van der Waals surface area contributed by atoms with Gasteiger partial charge < -0.3 is 15.8 Å². The largest absolute Gasteiger partial charge is 0.330 e. The number of nitrogens with two attached hydrogens (primary N) is 1. The summed E-state index contributed by atoms with van der Waals surface area (Å²) in [5.74, 6) is 0. The van der Waals surface area contributed by atoms with Crippen molar-refractivity contribution in [2.75, 3.05) is 13.6 Å². The van der Waals surface area contributed by atoms with Gasteiger partial charge in [-0.05, 0) is 26.4 Å². The van der Waals surface area contributed by atoms with Crippen LogP contribution in [0.5, 0.6) is 0 Å². The van der Waals surface area contributed by atoms with E-state index in [-0.39, 0.29) is 6.04 Å². The van der Waals surface area contributed by atoms with Gasteiger partial charge in [0, 0.05) is 0 Å². The molecule has 0 aromatic heterocycles. The number of carbonyl (C=O) groups is 1. The normalized spacial score (nSPS) is 9.25. The summed E-state index contributed by atoms with van der Waals surface area (Å²) in [6, 6.07) is 0.0200. The highest BCUT2D eigenvalue weighted by atomic mass is 16.1. The van der Waals surface area contributed by atoms with Gasteiger partial charge >= 0.3 is 0 Å². The molecule has 1 atom stereocenters. The molecule has 1 unspecified atom stereocenters. The molecule has 16 heavy (non-hydrogen) atoms. The van der Waals surface area contributed by atoms with E-state index in [1.807, 2.05) is 41.5 Å². The van der Waals surface area contributed by atoms with Gasteiger partial charge in [0.25, 0.3) is 0 Å². The lowest BCUT2D eigenvalue weighted by Gasteiger charge is -2.06. The van der Waals surface area contributed by atoms with Crippen LogP contribution < -0.4 is 11.1 Å². The maximum Gasteiger partial charge on any atom is 0.136 e. The molecule has 0 rings (SSSR count). The fourth-order valence-electron chi connectivity index (χ4n) is 0.789. The van der Waals surface area contributed by atoms with Crippen molar-refractivity contribution in [2.45, 2.75) is 66.8 Å². The Balaban J connectivity index is -0.000000103. The standard InChI is InChI=1S/C7H16N2O.3C2H6/c1-9-7(6-10)4-2-3-5-8;3*1-2/h6-7,9H,2-5,8H2,1H3;3*1-2H3. The Morgan fingerprint density at radius 1 is 1.06 bits per heavy atom. The number of rotatable bonds is 6. The van der Waals surface area contributed by atoms with Crippen LogP contribution in [0.3, 0.4) is 0 Å². The third kappa shape index (κ3) is 29.2. The summed E-state index contributed by atoms with van der Waals surface area (Å²) in [6.45, 7) is 12.7. The van der Waals surface area contributed by atoms with Gasteiger partial charge in [-0.25, -0.2) is 0 Å². The lowest BCUT2D eigenvalue weighted by atomic mass is 10.1. The Morgan fingerprint density at radius 3 is 1.75 bits per heavy atom. The maximum atomic E-state index is 10.2. The van der Waals surface area contributed by atoms with E-state index < -0.39 is 0 Å².